The highest BCUT2D eigenvalue weighted by molar-refractivity contribution is 6.00. The van der Waals surface area contributed by atoms with Crippen LogP contribution in [-0.4, -0.2) is 24.1 Å². The van der Waals surface area contributed by atoms with E-state index < -0.39 is 5.91 Å². The molecule has 5 heteroatoms. The van der Waals surface area contributed by atoms with Crippen LogP contribution in [0.1, 0.15) is 186 Å². The predicted molar refractivity (Wildman–Crippen MR) is 194 cm³/mol. The molecule has 256 valence electrons. The standard InChI is InChI=1S/C40H69N3O2/c1-3-5-7-9-11-13-15-16-17-18-19-20-22-24-26-28-32-43(31-27-25-23-21-14-12-10-8-6-4-2)38-30-29-36(39(44)34-38)33-37(35-41)40(42)45/h29-30,33-34,44H,3-28,31-32H2,1-2H3,(H2,42,45)/b37-33+. The second-order valence-electron chi connectivity index (χ2n) is 13.2. The van der Waals surface area contributed by atoms with Gasteiger partial charge in [0, 0.05) is 30.4 Å². The Morgan fingerprint density at radius 2 is 1.02 bits per heavy atom. The highest BCUT2D eigenvalue weighted by Crippen LogP contribution is 2.28. The first-order valence-electron chi connectivity index (χ1n) is 19.0. The predicted octanol–water partition coefficient (Wildman–Crippen LogP) is 11.8. The van der Waals surface area contributed by atoms with Crippen molar-refractivity contribution in [1.82, 2.24) is 0 Å². The van der Waals surface area contributed by atoms with Gasteiger partial charge in [-0.15, -0.1) is 0 Å². The van der Waals surface area contributed by atoms with Gasteiger partial charge in [-0.25, -0.2) is 0 Å². The number of rotatable bonds is 31. The number of primary amides is 1. The molecule has 0 aliphatic rings. The third-order valence-electron chi connectivity index (χ3n) is 9.13. The molecule has 0 aliphatic heterocycles. The number of carbonyl (C=O) groups is 1. The lowest BCUT2D eigenvalue weighted by Crippen LogP contribution is -2.25. The minimum absolute atomic E-state index is 0.0709. The smallest absolute Gasteiger partial charge is 0.259 e. The van der Waals surface area contributed by atoms with Crippen molar-refractivity contribution in [3.63, 3.8) is 0 Å². The Bertz CT molecular complexity index is 936. The third kappa shape index (κ3) is 21.8. The van der Waals surface area contributed by atoms with Crippen LogP contribution in [0.2, 0.25) is 0 Å². The zero-order valence-electron chi connectivity index (χ0n) is 29.4. The summed E-state index contributed by atoms with van der Waals surface area (Å²) in [5, 5.41) is 19.9. The van der Waals surface area contributed by atoms with Crippen LogP contribution in [0.25, 0.3) is 6.08 Å². The summed E-state index contributed by atoms with van der Waals surface area (Å²) in [5.74, 6) is -0.714. The summed E-state index contributed by atoms with van der Waals surface area (Å²) in [6.45, 7) is 6.52. The molecule has 0 spiro atoms. The van der Waals surface area contributed by atoms with E-state index in [1.807, 2.05) is 12.1 Å². The number of nitrogens with zero attached hydrogens (tertiary/aromatic N) is 2. The van der Waals surface area contributed by atoms with Gasteiger partial charge in [0.15, 0.2) is 0 Å². The lowest BCUT2D eigenvalue weighted by atomic mass is 10.0. The van der Waals surface area contributed by atoms with Gasteiger partial charge in [-0.2, -0.15) is 5.26 Å². The van der Waals surface area contributed by atoms with Gasteiger partial charge in [0.25, 0.3) is 5.91 Å². The Morgan fingerprint density at radius 3 is 1.33 bits per heavy atom. The fraction of sp³-hybridized carbons (Fsp3) is 0.750. The molecule has 0 fully saturated rings. The van der Waals surface area contributed by atoms with Crippen molar-refractivity contribution in [3.8, 4) is 11.8 Å². The molecule has 0 saturated heterocycles. The summed E-state index contributed by atoms with van der Waals surface area (Å²) >= 11 is 0. The lowest BCUT2D eigenvalue weighted by Gasteiger charge is -2.25. The summed E-state index contributed by atoms with van der Waals surface area (Å²) < 4.78 is 0. The molecule has 1 rings (SSSR count). The fourth-order valence-corrected chi connectivity index (χ4v) is 6.18. The maximum Gasteiger partial charge on any atom is 0.259 e. The molecule has 45 heavy (non-hydrogen) atoms. The Kier molecular flexibility index (Phi) is 26.1. The van der Waals surface area contributed by atoms with Crippen LogP contribution in [0.3, 0.4) is 0 Å². The van der Waals surface area contributed by atoms with Crippen LogP contribution in [0.4, 0.5) is 5.69 Å². The van der Waals surface area contributed by atoms with E-state index in [9.17, 15) is 15.2 Å². The molecular formula is C40H69N3O2. The largest absolute Gasteiger partial charge is 0.507 e. The minimum Gasteiger partial charge on any atom is -0.507 e. The average molecular weight is 624 g/mol. The number of hydrogen-bond acceptors (Lipinski definition) is 4. The second-order valence-corrected chi connectivity index (χ2v) is 13.2. The van der Waals surface area contributed by atoms with E-state index in [0.29, 0.717) is 5.56 Å². The van der Waals surface area contributed by atoms with Crippen LogP contribution in [0, 0.1) is 11.3 Å². The number of hydrogen-bond donors (Lipinski definition) is 2. The molecule has 0 atom stereocenters. The molecule has 1 aromatic rings. The maximum atomic E-state index is 11.5. The van der Waals surface area contributed by atoms with E-state index in [0.717, 1.165) is 31.6 Å². The molecule has 0 aromatic heterocycles. The number of unbranched alkanes of at least 4 members (excludes halogenated alkanes) is 24. The number of phenolic OH excluding ortho intramolecular Hbond substituents is 1. The summed E-state index contributed by atoms with van der Waals surface area (Å²) in [4.78, 5) is 13.9. The van der Waals surface area contributed by atoms with Gasteiger partial charge in [-0.3, -0.25) is 4.79 Å². The molecule has 0 saturated carbocycles. The van der Waals surface area contributed by atoms with Crippen molar-refractivity contribution in [2.45, 2.75) is 181 Å². The molecule has 0 heterocycles. The van der Waals surface area contributed by atoms with Crippen LogP contribution < -0.4 is 10.6 Å². The van der Waals surface area contributed by atoms with E-state index in [1.165, 1.54) is 160 Å². The first-order valence-corrected chi connectivity index (χ1v) is 19.0. The monoisotopic (exact) mass is 624 g/mol. The van der Waals surface area contributed by atoms with Crippen LogP contribution in [0.5, 0.6) is 5.75 Å². The summed E-state index contributed by atoms with van der Waals surface area (Å²) in [7, 11) is 0. The van der Waals surface area contributed by atoms with Crippen molar-refractivity contribution in [2.75, 3.05) is 18.0 Å². The SMILES string of the molecule is CCCCCCCCCCCCCCCCCCN(CCCCCCCCCCCC)c1ccc(/C=C(\C#N)C(N)=O)c(O)c1. The zero-order chi connectivity index (χ0) is 32.8. The quantitative estimate of drug-likeness (QED) is 0.0489. The fourth-order valence-electron chi connectivity index (χ4n) is 6.18. The summed E-state index contributed by atoms with van der Waals surface area (Å²) in [6, 6.07) is 7.35. The van der Waals surface area contributed by atoms with E-state index >= 15 is 0 Å². The van der Waals surface area contributed by atoms with Crippen molar-refractivity contribution in [2.24, 2.45) is 5.73 Å². The van der Waals surface area contributed by atoms with Gasteiger partial charge in [-0.1, -0.05) is 168 Å². The van der Waals surface area contributed by atoms with Gasteiger partial charge in [0.05, 0.1) is 0 Å². The average Bonchev–Trinajstić information content (AvgIpc) is 3.03. The zero-order valence-corrected chi connectivity index (χ0v) is 29.4. The van der Waals surface area contributed by atoms with Gasteiger partial charge in [-0.05, 0) is 31.1 Å². The third-order valence-corrected chi connectivity index (χ3v) is 9.13. The number of benzene rings is 1. The Hall–Kier alpha value is -2.48. The highest BCUT2D eigenvalue weighted by atomic mass is 16.3. The molecule has 3 N–H and O–H groups in total. The number of nitrogens with two attached hydrogens (primary N) is 1. The van der Waals surface area contributed by atoms with Crippen molar-refractivity contribution in [3.05, 3.63) is 29.3 Å². The molecule has 5 nitrogen and oxygen atoms in total. The van der Waals surface area contributed by atoms with Crippen LogP contribution >= 0.6 is 0 Å². The molecule has 0 radical (unpaired) electrons. The van der Waals surface area contributed by atoms with Crippen molar-refractivity contribution >= 4 is 17.7 Å². The number of aromatic hydroxyl groups is 1. The van der Waals surface area contributed by atoms with Crippen molar-refractivity contribution < 1.29 is 9.90 Å². The van der Waals surface area contributed by atoms with E-state index in [1.54, 1.807) is 12.1 Å². The highest BCUT2D eigenvalue weighted by Gasteiger charge is 2.11. The number of amides is 1. The van der Waals surface area contributed by atoms with Gasteiger partial charge < -0.3 is 15.7 Å². The number of phenols is 1. The first kappa shape index (κ1) is 40.5. The van der Waals surface area contributed by atoms with Gasteiger partial charge in [0.2, 0.25) is 0 Å². The summed E-state index contributed by atoms with van der Waals surface area (Å²) in [5.41, 5.74) is 6.56. The van der Waals surface area contributed by atoms with Gasteiger partial charge in [0.1, 0.15) is 17.4 Å². The summed E-state index contributed by atoms with van der Waals surface area (Å²) in [6.07, 6.45) is 36.4. The first-order chi connectivity index (χ1) is 22.0. The molecule has 0 bridgehead atoms. The Morgan fingerprint density at radius 1 is 0.667 bits per heavy atom. The van der Waals surface area contributed by atoms with Crippen molar-refractivity contribution in [1.29, 1.82) is 5.26 Å². The lowest BCUT2D eigenvalue weighted by molar-refractivity contribution is -0.114. The Labute approximate surface area is 278 Å². The maximum absolute atomic E-state index is 11.5. The van der Waals surface area contributed by atoms with E-state index in [-0.39, 0.29) is 11.3 Å². The molecule has 0 unspecified atom stereocenters. The molecular weight excluding hydrogens is 554 g/mol. The number of anilines is 1. The molecule has 1 aromatic carbocycles. The Balaban J connectivity index is 2.41. The number of nitriles is 1. The van der Waals surface area contributed by atoms with Crippen LogP contribution in [0.15, 0.2) is 23.8 Å². The van der Waals surface area contributed by atoms with Crippen LogP contribution in [-0.2, 0) is 4.79 Å². The normalized spacial score (nSPS) is 11.5. The topological polar surface area (TPSA) is 90.4 Å². The minimum atomic E-state index is -0.785. The van der Waals surface area contributed by atoms with Gasteiger partial charge >= 0.3 is 0 Å². The molecule has 0 aliphatic carbocycles. The second kappa shape index (κ2) is 29.0. The van der Waals surface area contributed by atoms with E-state index in [4.69, 9.17) is 5.73 Å². The molecule has 1 amide bonds. The van der Waals surface area contributed by atoms with E-state index in [2.05, 4.69) is 18.7 Å². The number of carbonyl (C=O) groups excluding carboxylic acids is 1.